The molecule has 0 aliphatic carbocycles. The van der Waals surface area contributed by atoms with Crippen LogP contribution in [0.2, 0.25) is 0 Å². The molecule has 0 radical (unpaired) electrons. The Hall–Kier alpha value is -2.63. The molecule has 0 saturated heterocycles. The monoisotopic (exact) mass is 452 g/mol. The normalized spacial score (nSPS) is 13.0. The number of rotatable bonds is 7. The summed E-state index contributed by atoms with van der Waals surface area (Å²) in [7, 11) is -2.78. The highest BCUT2D eigenvalue weighted by Gasteiger charge is 2.31. The van der Waals surface area contributed by atoms with Gasteiger partial charge in [0.15, 0.2) is 0 Å². The van der Waals surface area contributed by atoms with Crippen molar-refractivity contribution in [1.29, 1.82) is 0 Å². The van der Waals surface area contributed by atoms with E-state index in [0.29, 0.717) is 10.2 Å². The van der Waals surface area contributed by atoms with Gasteiger partial charge >= 0.3 is 0 Å². The predicted molar refractivity (Wildman–Crippen MR) is 112 cm³/mol. The molecule has 0 saturated carbocycles. The summed E-state index contributed by atoms with van der Waals surface area (Å²) in [5.41, 5.74) is 0.228. The van der Waals surface area contributed by atoms with Crippen LogP contribution in [0.5, 0.6) is 0 Å². The van der Waals surface area contributed by atoms with Crippen LogP contribution >= 0.6 is 11.3 Å². The second-order valence-corrected chi connectivity index (χ2v) is 9.71. The van der Waals surface area contributed by atoms with Gasteiger partial charge in [0, 0.05) is 7.05 Å². The molecule has 1 atom stereocenters. The van der Waals surface area contributed by atoms with Gasteiger partial charge in [0.05, 0.1) is 12.1 Å². The molecule has 8 nitrogen and oxygen atoms in total. The number of amides is 1. The topological polar surface area (TPSA) is 112 Å². The minimum absolute atomic E-state index is 0.0233. The SMILES string of the molecule is CC(C)[C@H](NS(=O)(=O)c1ccccc1F)C(=O)N(C)Cc1nc2ccsc2c(=O)[nH]1. The van der Waals surface area contributed by atoms with Gasteiger partial charge in [-0.3, -0.25) is 9.59 Å². The van der Waals surface area contributed by atoms with Gasteiger partial charge in [-0.25, -0.2) is 17.8 Å². The number of halogens is 1. The van der Waals surface area contributed by atoms with Crippen molar-refractivity contribution in [2.45, 2.75) is 31.3 Å². The number of nitrogens with zero attached hydrogens (tertiary/aromatic N) is 2. The fourth-order valence-electron chi connectivity index (χ4n) is 2.90. The molecule has 2 aromatic heterocycles. The quantitative estimate of drug-likeness (QED) is 0.570. The van der Waals surface area contributed by atoms with Crippen LogP contribution in [0.15, 0.2) is 45.4 Å². The number of aromatic nitrogens is 2. The van der Waals surface area contributed by atoms with E-state index in [1.165, 1.54) is 35.4 Å². The first-order chi connectivity index (χ1) is 14.1. The van der Waals surface area contributed by atoms with Crippen molar-refractivity contribution < 1.29 is 17.6 Å². The van der Waals surface area contributed by atoms with E-state index in [4.69, 9.17) is 0 Å². The minimum Gasteiger partial charge on any atom is -0.337 e. The van der Waals surface area contributed by atoms with Crippen LogP contribution in [0.4, 0.5) is 4.39 Å². The maximum Gasteiger partial charge on any atom is 0.268 e. The molecule has 1 amide bonds. The van der Waals surface area contributed by atoms with Crippen molar-refractivity contribution in [2.24, 2.45) is 5.92 Å². The third-order valence-corrected chi connectivity index (χ3v) is 6.84. The summed E-state index contributed by atoms with van der Waals surface area (Å²) in [4.78, 5) is 32.8. The maximum atomic E-state index is 14.0. The van der Waals surface area contributed by atoms with Crippen molar-refractivity contribution in [3.63, 3.8) is 0 Å². The molecule has 1 aromatic carbocycles. The predicted octanol–water partition coefficient (Wildman–Crippen LogP) is 2.09. The van der Waals surface area contributed by atoms with Gasteiger partial charge in [-0.15, -0.1) is 11.3 Å². The van der Waals surface area contributed by atoms with E-state index in [2.05, 4.69) is 14.7 Å². The average Bonchev–Trinajstić information content (AvgIpc) is 3.14. The van der Waals surface area contributed by atoms with E-state index in [9.17, 15) is 22.4 Å². The first-order valence-corrected chi connectivity index (χ1v) is 11.4. The second-order valence-electron chi connectivity index (χ2n) is 7.12. The average molecular weight is 453 g/mol. The molecular weight excluding hydrogens is 431 g/mol. The van der Waals surface area contributed by atoms with E-state index < -0.39 is 38.6 Å². The van der Waals surface area contributed by atoms with Crippen molar-refractivity contribution in [1.82, 2.24) is 19.6 Å². The summed E-state index contributed by atoms with van der Waals surface area (Å²) in [6.07, 6.45) is 0. The Bertz CT molecular complexity index is 1240. The Kier molecular flexibility index (Phi) is 6.34. The standard InChI is InChI=1S/C19H21FN4O4S2/c1-11(2)16(23-30(27,28)14-7-5-4-6-12(14)20)19(26)24(3)10-15-21-13-8-9-29-17(13)18(25)22-15/h4-9,11,16,23H,10H2,1-3H3,(H,21,22,25)/t16-/m0/s1. The number of fused-ring (bicyclic) bond motifs is 1. The van der Waals surface area contributed by atoms with E-state index >= 15 is 0 Å². The lowest BCUT2D eigenvalue weighted by Crippen LogP contribution is -2.50. The number of sulfonamides is 1. The Balaban J connectivity index is 1.82. The van der Waals surface area contributed by atoms with Crippen molar-refractivity contribution in [3.05, 3.63) is 57.7 Å². The van der Waals surface area contributed by atoms with Gasteiger partial charge in [-0.05, 0) is 29.5 Å². The number of nitrogens with one attached hydrogen (secondary N) is 2. The lowest BCUT2D eigenvalue weighted by molar-refractivity contribution is -0.133. The highest BCUT2D eigenvalue weighted by Crippen LogP contribution is 2.17. The van der Waals surface area contributed by atoms with E-state index in [-0.39, 0.29) is 17.9 Å². The summed E-state index contributed by atoms with van der Waals surface area (Å²) in [6.45, 7) is 3.33. The zero-order valence-corrected chi connectivity index (χ0v) is 18.2. The van der Waals surface area contributed by atoms with Gasteiger partial charge < -0.3 is 9.88 Å². The number of carbonyl (C=O) groups is 1. The summed E-state index contributed by atoms with van der Waals surface area (Å²) < 4.78 is 42.0. The summed E-state index contributed by atoms with van der Waals surface area (Å²) >= 11 is 1.27. The van der Waals surface area contributed by atoms with E-state index in [0.717, 1.165) is 12.1 Å². The van der Waals surface area contributed by atoms with Crippen LogP contribution in [-0.4, -0.2) is 42.3 Å². The molecule has 0 fully saturated rings. The van der Waals surface area contributed by atoms with Crippen molar-refractivity contribution in [2.75, 3.05) is 7.05 Å². The summed E-state index contributed by atoms with van der Waals surface area (Å²) in [6, 6.07) is 5.53. The van der Waals surface area contributed by atoms with Gasteiger partial charge in [0.1, 0.15) is 27.3 Å². The summed E-state index contributed by atoms with van der Waals surface area (Å²) in [5.74, 6) is -1.56. The number of carbonyl (C=O) groups excluding carboxylic acids is 1. The van der Waals surface area contributed by atoms with E-state index in [1.54, 1.807) is 25.3 Å². The van der Waals surface area contributed by atoms with E-state index in [1.807, 2.05) is 0 Å². The zero-order valence-electron chi connectivity index (χ0n) is 16.5. The van der Waals surface area contributed by atoms with Gasteiger partial charge in [0.25, 0.3) is 5.56 Å². The Labute approximate surface area is 176 Å². The van der Waals surface area contributed by atoms with Crippen LogP contribution in [-0.2, 0) is 21.4 Å². The lowest BCUT2D eigenvalue weighted by atomic mass is 10.0. The number of H-pyrrole nitrogens is 1. The number of likely N-dealkylation sites (N-methyl/N-ethyl adjacent to an activating group) is 1. The van der Waals surface area contributed by atoms with Crippen LogP contribution in [0.1, 0.15) is 19.7 Å². The van der Waals surface area contributed by atoms with Crippen LogP contribution < -0.4 is 10.3 Å². The highest BCUT2D eigenvalue weighted by atomic mass is 32.2. The Morgan fingerprint density at radius 1 is 1.30 bits per heavy atom. The second kappa shape index (κ2) is 8.62. The molecule has 160 valence electrons. The fourth-order valence-corrected chi connectivity index (χ4v) is 5.04. The first-order valence-electron chi connectivity index (χ1n) is 9.08. The molecule has 0 bridgehead atoms. The highest BCUT2D eigenvalue weighted by molar-refractivity contribution is 7.89. The molecule has 0 unspecified atom stereocenters. The molecular formula is C19H21FN4O4S2. The lowest BCUT2D eigenvalue weighted by Gasteiger charge is -2.26. The molecule has 3 rings (SSSR count). The van der Waals surface area contributed by atoms with Crippen LogP contribution in [0.25, 0.3) is 10.2 Å². The fraction of sp³-hybridized carbons (Fsp3) is 0.316. The van der Waals surface area contributed by atoms with Gasteiger partial charge in [-0.2, -0.15) is 4.72 Å². The molecule has 2 N–H and O–H groups in total. The zero-order chi connectivity index (χ0) is 22.1. The largest absolute Gasteiger partial charge is 0.337 e. The number of thiophene rings is 1. The molecule has 2 heterocycles. The van der Waals surface area contributed by atoms with Crippen molar-refractivity contribution in [3.8, 4) is 0 Å². The molecule has 0 aliphatic heterocycles. The van der Waals surface area contributed by atoms with Crippen molar-refractivity contribution >= 4 is 37.5 Å². The Morgan fingerprint density at radius 3 is 2.67 bits per heavy atom. The molecule has 0 spiro atoms. The van der Waals surface area contributed by atoms with Gasteiger partial charge in [0.2, 0.25) is 15.9 Å². The first kappa shape index (κ1) is 22.1. The molecule has 3 aromatic rings. The molecule has 11 heteroatoms. The van der Waals surface area contributed by atoms with Crippen LogP contribution in [0, 0.1) is 11.7 Å². The summed E-state index contributed by atoms with van der Waals surface area (Å²) in [5, 5.41) is 1.75. The molecule has 30 heavy (non-hydrogen) atoms. The Morgan fingerprint density at radius 2 is 2.00 bits per heavy atom. The number of hydrogen-bond acceptors (Lipinski definition) is 6. The van der Waals surface area contributed by atoms with Gasteiger partial charge in [-0.1, -0.05) is 26.0 Å². The number of benzene rings is 1. The third kappa shape index (κ3) is 4.58. The minimum atomic E-state index is -4.26. The maximum absolute atomic E-state index is 14.0. The smallest absolute Gasteiger partial charge is 0.268 e. The number of hydrogen-bond donors (Lipinski definition) is 2. The van der Waals surface area contributed by atoms with Crippen LogP contribution in [0.3, 0.4) is 0 Å². The third-order valence-electron chi connectivity index (χ3n) is 4.47. The number of aromatic amines is 1. The molecule has 0 aliphatic rings.